The smallest absolute Gasteiger partial charge is 0.231 e. The topological polar surface area (TPSA) is 60.5 Å². The van der Waals surface area contributed by atoms with Crippen molar-refractivity contribution in [3.8, 4) is 22.8 Å². The molecule has 0 radical (unpaired) electrons. The summed E-state index contributed by atoms with van der Waals surface area (Å²) in [5.41, 5.74) is 1.69. The zero-order valence-electron chi connectivity index (χ0n) is 13.2. The van der Waals surface area contributed by atoms with Crippen molar-refractivity contribution in [2.24, 2.45) is 0 Å². The van der Waals surface area contributed by atoms with Crippen molar-refractivity contribution in [1.82, 2.24) is 4.98 Å². The molecule has 7 heteroatoms. The first kappa shape index (κ1) is 16.5. The summed E-state index contributed by atoms with van der Waals surface area (Å²) in [6.07, 6.45) is 0.364. The molecule has 0 aliphatic carbocycles. The quantitative estimate of drug-likeness (QED) is 0.720. The number of nitrogens with zero attached hydrogens (tertiary/aromatic N) is 1. The van der Waals surface area contributed by atoms with E-state index in [0.29, 0.717) is 23.1 Å². The van der Waals surface area contributed by atoms with Crippen LogP contribution in [0.4, 0.5) is 5.13 Å². The number of carbonyl (C=O) groups is 1. The minimum Gasteiger partial charge on any atom is -0.493 e. The number of aromatic nitrogens is 1. The third kappa shape index (κ3) is 3.74. The zero-order valence-corrected chi connectivity index (χ0v) is 14.9. The van der Waals surface area contributed by atoms with Crippen LogP contribution in [-0.4, -0.2) is 25.1 Å². The molecule has 2 aromatic heterocycles. The van der Waals surface area contributed by atoms with Crippen LogP contribution in [0.1, 0.15) is 4.88 Å². The van der Waals surface area contributed by atoms with Gasteiger partial charge in [-0.05, 0) is 29.6 Å². The first-order valence-electron chi connectivity index (χ1n) is 7.19. The number of amides is 1. The molecule has 0 saturated carbocycles. The lowest BCUT2D eigenvalue weighted by Crippen LogP contribution is -2.13. The zero-order chi connectivity index (χ0) is 16.9. The van der Waals surface area contributed by atoms with E-state index in [1.54, 1.807) is 25.6 Å². The molecule has 0 aliphatic rings. The number of thiophene rings is 1. The highest BCUT2D eigenvalue weighted by Gasteiger charge is 2.11. The second kappa shape index (κ2) is 7.46. The van der Waals surface area contributed by atoms with Crippen molar-refractivity contribution in [3.05, 3.63) is 46.0 Å². The van der Waals surface area contributed by atoms with Gasteiger partial charge in [0.05, 0.1) is 26.3 Å². The van der Waals surface area contributed by atoms with Crippen LogP contribution in [0.25, 0.3) is 11.3 Å². The standard InChI is InChI=1S/C17H16N2O3S2/c1-21-14-6-5-11(8-15(14)22-2)13-10-24-17(18-13)19-16(20)9-12-4-3-7-23-12/h3-8,10H,9H2,1-2H3,(H,18,19,20). The maximum atomic E-state index is 12.0. The molecule has 1 amide bonds. The lowest BCUT2D eigenvalue weighted by atomic mass is 10.1. The maximum Gasteiger partial charge on any atom is 0.231 e. The molecule has 3 rings (SSSR count). The van der Waals surface area contributed by atoms with Gasteiger partial charge in [-0.2, -0.15) is 0 Å². The summed E-state index contributed by atoms with van der Waals surface area (Å²) in [6, 6.07) is 9.49. The number of hydrogen-bond acceptors (Lipinski definition) is 6. The molecule has 0 spiro atoms. The molecule has 1 N–H and O–H groups in total. The average Bonchev–Trinajstić information content (AvgIpc) is 3.26. The summed E-state index contributed by atoms with van der Waals surface area (Å²) >= 11 is 2.96. The van der Waals surface area contributed by atoms with E-state index in [9.17, 15) is 4.79 Å². The Morgan fingerprint density at radius 2 is 2.00 bits per heavy atom. The Morgan fingerprint density at radius 1 is 1.17 bits per heavy atom. The number of anilines is 1. The molecule has 124 valence electrons. The van der Waals surface area contributed by atoms with Crippen molar-refractivity contribution in [2.75, 3.05) is 19.5 Å². The number of benzene rings is 1. The van der Waals surface area contributed by atoms with Crippen molar-refractivity contribution in [2.45, 2.75) is 6.42 Å². The van der Waals surface area contributed by atoms with E-state index in [1.807, 2.05) is 41.1 Å². The molecule has 5 nitrogen and oxygen atoms in total. The first-order valence-corrected chi connectivity index (χ1v) is 8.95. The molecule has 24 heavy (non-hydrogen) atoms. The highest BCUT2D eigenvalue weighted by Crippen LogP contribution is 2.33. The molecule has 0 fully saturated rings. The summed E-state index contributed by atoms with van der Waals surface area (Å²) < 4.78 is 10.5. The van der Waals surface area contributed by atoms with E-state index in [0.717, 1.165) is 16.1 Å². The van der Waals surface area contributed by atoms with Gasteiger partial charge in [0.1, 0.15) is 0 Å². The monoisotopic (exact) mass is 360 g/mol. The number of ether oxygens (including phenoxy) is 2. The molecule has 0 atom stereocenters. The Labute approximate surface area is 147 Å². The molecule has 0 bridgehead atoms. The molecular weight excluding hydrogens is 344 g/mol. The van der Waals surface area contributed by atoms with Gasteiger partial charge in [-0.3, -0.25) is 4.79 Å². The minimum absolute atomic E-state index is 0.0642. The molecule has 2 heterocycles. The molecule has 1 aromatic carbocycles. The lowest BCUT2D eigenvalue weighted by Gasteiger charge is -2.08. The normalized spacial score (nSPS) is 10.4. The molecule has 0 unspecified atom stereocenters. The third-order valence-electron chi connectivity index (χ3n) is 3.34. The predicted octanol–water partition coefficient (Wildman–Crippen LogP) is 4.07. The van der Waals surface area contributed by atoms with E-state index in [4.69, 9.17) is 9.47 Å². The fraction of sp³-hybridized carbons (Fsp3) is 0.176. The molecular formula is C17H16N2O3S2. The van der Waals surface area contributed by atoms with Gasteiger partial charge in [0.15, 0.2) is 16.6 Å². The fourth-order valence-corrected chi connectivity index (χ4v) is 3.63. The van der Waals surface area contributed by atoms with Crippen molar-refractivity contribution < 1.29 is 14.3 Å². The highest BCUT2D eigenvalue weighted by molar-refractivity contribution is 7.14. The number of rotatable bonds is 6. The summed E-state index contributed by atoms with van der Waals surface area (Å²) in [6.45, 7) is 0. The van der Waals surface area contributed by atoms with Crippen LogP contribution in [0.15, 0.2) is 41.1 Å². The molecule has 3 aromatic rings. The summed E-state index contributed by atoms with van der Waals surface area (Å²) in [7, 11) is 3.19. The highest BCUT2D eigenvalue weighted by atomic mass is 32.1. The Morgan fingerprint density at radius 3 is 2.71 bits per heavy atom. The van der Waals surface area contributed by atoms with Gasteiger partial charge in [0.2, 0.25) is 5.91 Å². The number of thiazole rings is 1. The first-order chi connectivity index (χ1) is 11.7. The van der Waals surface area contributed by atoms with Crippen LogP contribution < -0.4 is 14.8 Å². The van der Waals surface area contributed by atoms with E-state index in [2.05, 4.69) is 10.3 Å². The average molecular weight is 360 g/mol. The van der Waals surface area contributed by atoms with E-state index in [1.165, 1.54) is 11.3 Å². The van der Waals surface area contributed by atoms with Crippen LogP contribution in [0.5, 0.6) is 11.5 Å². The number of methoxy groups -OCH3 is 2. The fourth-order valence-electron chi connectivity index (χ4n) is 2.19. The van der Waals surface area contributed by atoms with Gasteiger partial charge in [0, 0.05) is 15.8 Å². The van der Waals surface area contributed by atoms with Crippen LogP contribution in [0.3, 0.4) is 0 Å². The van der Waals surface area contributed by atoms with Gasteiger partial charge in [-0.15, -0.1) is 22.7 Å². The van der Waals surface area contributed by atoms with Gasteiger partial charge in [-0.25, -0.2) is 4.98 Å². The van der Waals surface area contributed by atoms with E-state index >= 15 is 0 Å². The number of carbonyl (C=O) groups excluding carboxylic acids is 1. The van der Waals surface area contributed by atoms with E-state index in [-0.39, 0.29) is 5.91 Å². The Hall–Kier alpha value is -2.38. The van der Waals surface area contributed by atoms with Crippen LogP contribution in [0, 0.1) is 0 Å². The SMILES string of the molecule is COc1ccc(-c2csc(NC(=O)Cc3cccs3)n2)cc1OC. The van der Waals surface area contributed by atoms with Gasteiger partial charge in [-0.1, -0.05) is 6.07 Å². The maximum absolute atomic E-state index is 12.0. The van der Waals surface area contributed by atoms with Gasteiger partial charge in [0.25, 0.3) is 0 Å². The Bertz CT molecular complexity index is 828. The largest absolute Gasteiger partial charge is 0.493 e. The molecule has 0 aliphatic heterocycles. The summed E-state index contributed by atoms with van der Waals surface area (Å²) in [4.78, 5) is 17.5. The second-order valence-corrected chi connectivity index (χ2v) is 6.80. The molecule has 0 saturated heterocycles. The Balaban J connectivity index is 1.72. The predicted molar refractivity (Wildman–Crippen MR) is 97.3 cm³/mol. The van der Waals surface area contributed by atoms with Crippen LogP contribution in [0.2, 0.25) is 0 Å². The van der Waals surface area contributed by atoms with Crippen molar-refractivity contribution in [3.63, 3.8) is 0 Å². The minimum atomic E-state index is -0.0642. The lowest BCUT2D eigenvalue weighted by molar-refractivity contribution is -0.115. The number of hydrogen-bond donors (Lipinski definition) is 1. The van der Waals surface area contributed by atoms with Gasteiger partial charge >= 0.3 is 0 Å². The van der Waals surface area contributed by atoms with Crippen LogP contribution >= 0.6 is 22.7 Å². The van der Waals surface area contributed by atoms with Gasteiger partial charge < -0.3 is 14.8 Å². The number of nitrogens with one attached hydrogen (secondary N) is 1. The third-order valence-corrected chi connectivity index (χ3v) is 4.98. The Kier molecular flexibility index (Phi) is 5.12. The van der Waals surface area contributed by atoms with E-state index < -0.39 is 0 Å². The van der Waals surface area contributed by atoms with Crippen molar-refractivity contribution >= 4 is 33.7 Å². The van der Waals surface area contributed by atoms with Crippen molar-refractivity contribution in [1.29, 1.82) is 0 Å². The summed E-state index contributed by atoms with van der Waals surface area (Å²) in [5.74, 6) is 1.25. The second-order valence-electron chi connectivity index (χ2n) is 4.91. The summed E-state index contributed by atoms with van der Waals surface area (Å²) in [5, 5.41) is 7.29. The van der Waals surface area contributed by atoms with Crippen LogP contribution in [-0.2, 0) is 11.2 Å².